The number of thioether (sulfide) groups is 1. The van der Waals surface area contributed by atoms with Crippen molar-refractivity contribution in [1.82, 2.24) is 5.32 Å². The average molecular weight is 238 g/mol. The lowest BCUT2D eigenvalue weighted by Crippen LogP contribution is -2.29. The second-order valence-electron chi connectivity index (χ2n) is 3.83. The van der Waals surface area contributed by atoms with Crippen LogP contribution >= 0.6 is 11.8 Å². The van der Waals surface area contributed by atoms with E-state index in [1.807, 2.05) is 19.2 Å². The molecular formula is C12H18N2OS. The minimum absolute atomic E-state index is 0.0293. The monoisotopic (exact) mass is 238 g/mol. The van der Waals surface area contributed by atoms with Gasteiger partial charge in [-0.05, 0) is 36.9 Å². The lowest BCUT2D eigenvalue weighted by Gasteiger charge is -2.11. The van der Waals surface area contributed by atoms with Gasteiger partial charge in [0.15, 0.2) is 0 Å². The van der Waals surface area contributed by atoms with Gasteiger partial charge < -0.3 is 11.1 Å². The third kappa shape index (κ3) is 3.45. The number of anilines is 1. The Labute approximate surface area is 101 Å². The molecule has 0 aliphatic carbocycles. The molecule has 1 amide bonds. The molecule has 4 heteroatoms. The van der Waals surface area contributed by atoms with Gasteiger partial charge in [0, 0.05) is 23.0 Å². The highest BCUT2D eigenvalue weighted by molar-refractivity contribution is 7.99. The molecule has 0 saturated carbocycles. The van der Waals surface area contributed by atoms with E-state index >= 15 is 0 Å². The van der Waals surface area contributed by atoms with Crippen LogP contribution in [0, 0.1) is 6.92 Å². The molecule has 1 rings (SSSR count). The highest BCUT2D eigenvalue weighted by Crippen LogP contribution is 2.12. The predicted octanol–water partition coefficient (Wildman–Crippen LogP) is 2.06. The molecule has 0 saturated heterocycles. The highest BCUT2D eigenvalue weighted by atomic mass is 32.2. The first kappa shape index (κ1) is 12.9. The molecule has 1 unspecified atom stereocenters. The molecule has 0 aliphatic rings. The predicted molar refractivity (Wildman–Crippen MR) is 70.9 cm³/mol. The Hall–Kier alpha value is -1.16. The smallest absolute Gasteiger partial charge is 0.251 e. The van der Waals surface area contributed by atoms with Gasteiger partial charge in [-0.2, -0.15) is 11.8 Å². The third-order valence-electron chi connectivity index (χ3n) is 2.45. The van der Waals surface area contributed by atoms with Crippen molar-refractivity contribution in [1.29, 1.82) is 0 Å². The number of nitrogens with two attached hydrogens (primary N) is 1. The minimum Gasteiger partial charge on any atom is -0.399 e. The maximum atomic E-state index is 11.8. The van der Waals surface area contributed by atoms with Crippen molar-refractivity contribution in [3.05, 3.63) is 29.3 Å². The van der Waals surface area contributed by atoms with Gasteiger partial charge in [0.05, 0.1) is 0 Å². The Morgan fingerprint density at radius 2 is 2.25 bits per heavy atom. The van der Waals surface area contributed by atoms with Gasteiger partial charge in [0.2, 0.25) is 0 Å². The number of hydrogen-bond donors (Lipinski definition) is 2. The van der Waals surface area contributed by atoms with E-state index in [2.05, 4.69) is 12.2 Å². The molecule has 0 spiro atoms. The van der Waals surface area contributed by atoms with Crippen LogP contribution in [0.15, 0.2) is 18.2 Å². The number of hydrogen-bond acceptors (Lipinski definition) is 3. The van der Waals surface area contributed by atoms with Crippen LogP contribution in [0.25, 0.3) is 0 Å². The molecule has 1 atom stereocenters. The Kier molecular flexibility index (Phi) is 4.68. The molecule has 88 valence electrons. The first-order chi connectivity index (χ1) is 7.54. The fourth-order valence-corrected chi connectivity index (χ4v) is 1.61. The van der Waals surface area contributed by atoms with Crippen LogP contribution in [0.4, 0.5) is 5.69 Å². The summed E-state index contributed by atoms with van der Waals surface area (Å²) in [4.78, 5) is 11.8. The lowest BCUT2D eigenvalue weighted by molar-refractivity contribution is 0.0953. The normalized spacial score (nSPS) is 12.2. The van der Waals surface area contributed by atoms with Gasteiger partial charge >= 0.3 is 0 Å². The van der Waals surface area contributed by atoms with Gasteiger partial charge in [-0.1, -0.05) is 6.92 Å². The molecule has 3 nitrogen and oxygen atoms in total. The summed E-state index contributed by atoms with van der Waals surface area (Å²) in [6.45, 7) is 4.66. The van der Waals surface area contributed by atoms with Crippen molar-refractivity contribution in [3.63, 3.8) is 0 Å². The average Bonchev–Trinajstić information content (AvgIpc) is 2.25. The highest BCUT2D eigenvalue weighted by Gasteiger charge is 2.09. The van der Waals surface area contributed by atoms with E-state index in [-0.39, 0.29) is 5.91 Å². The second kappa shape index (κ2) is 5.80. The Balaban J connectivity index is 2.66. The second-order valence-corrected chi connectivity index (χ2v) is 5.11. The van der Waals surface area contributed by atoms with E-state index in [4.69, 9.17) is 5.73 Å². The summed E-state index contributed by atoms with van der Waals surface area (Å²) >= 11 is 1.73. The molecule has 0 aliphatic heterocycles. The molecule has 3 N–H and O–H groups in total. The fraction of sp³-hybridized carbons (Fsp3) is 0.417. The van der Waals surface area contributed by atoms with E-state index in [0.717, 1.165) is 5.56 Å². The number of benzene rings is 1. The molecule has 0 fully saturated rings. The molecule has 1 aromatic carbocycles. The first-order valence-electron chi connectivity index (χ1n) is 5.21. The van der Waals surface area contributed by atoms with Gasteiger partial charge in [0.25, 0.3) is 5.91 Å². The number of carbonyl (C=O) groups is 1. The number of rotatable bonds is 4. The van der Waals surface area contributed by atoms with Crippen molar-refractivity contribution < 1.29 is 4.79 Å². The van der Waals surface area contributed by atoms with Crippen molar-refractivity contribution >= 4 is 23.4 Å². The zero-order valence-electron chi connectivity index (χ0n) is 9.91. The van der Waals surface area contributed by atoms with Crippen LogP contribution in [0.3, 0.4) is 0 Å². The van der Waals surface area contributed by atoms with Crippen molar-refractivity contribution in [2.75, 3.05) is 18.5 Å². The van der Waals surface area contributed by atoms with Gasteiger partial charge in [-0.15, -0.1) is 0 Å². The maximum absolute atomic E-state index is 11.8. The van der Waals surface area contributed by atoms with E-state index in [0.29, 0.717) is 23.0 Å². The summed E-state index contributed by atoms with van der Waals surface area (Å²) in [6, 6.07) is 5.33. The van der Waals surface area contributed by atoms with Crippen LogP contribution < -0.4 is 11.1 Å². The Bertz CT molecular complexity index is 379. The van der Waals surface area contributed by atoms with Crippen molar-refractivity contribution in [3.8, 4) is 0 Å². The quantitative estimate of drug-likeness (QED) is 0.789. The summed E-state index contributed by atoms with van der Waals surface area (Å²) in [6.07, 6.45) is 2.03. The fourth-order valence-electron chi connectivity index (χ4n) is 1.36. The lowest BCUT2D eigenvalue weighted by atomic mass is 10.1. The van der Waals surface area contributed by atoms with E-state index in [1.165, 1.54) is 0 Å². The van der Waals surface area contributed by atoms with Crippen molar-refractivity contribution in [2.24, 2.45) is 0 Å². The van der Waals surface area contributed by atoms with Gasteiger partial charge in [0.1, 0.15) is 0 Å². The first-order valence-corrected chi connectivity index (χ1v) is 6.50. The Morgan fingerprint density at radius 3 is 2.81 bits per heavy atom. The summed E-state index contributed by atoms with van der Waals surface area (Å²) in [5.74, 6) is -0.0293. The molecule has 0 aromatic heterocycles. The van der Waals surface area contributed by atoms with Crippen LogP contribution in [-0.2, 0) is 0 Å². The van der Waals surface area contributed by atoms with Crippen LogP contribution in [0.2, 0.25) is 0 Å². The van der Waals surface area contributed by atoms with Gasteiger partial charge in [-0.3, -0.25) is 4.79 Å². The minimum atomic E-state index is -0.0293. The Morgan fingerprint density at radius 1 is 1.56 bits per heavy atom. The third-order valence-corrected chi connectivity index (χ3v) is 3.42. The number of nitrogen functional groups attached to an aromatic ring is 1. The largest absolute Gasteiger partial charge is 0.399 e. The molecular weight excluding hydrogens is 220 g/mol. The topological polar surface area (TPSA) is 55.1 Å². The summed E-state index contributed by atoms with van der Waals surface area (Å²) < 4.78 is 0. The maximum Gasteiger partial charge on any atom is 0.251 e. The molecule has 0 radical (unpaired) electrons. The number of aryl methyl sites for hydroxylation is 1. The van der Waals surface area contributed by atoms with E-state index in [1.54, 1.807) is 23.9 Å². The van der Waals surface area contributed by atoms with Crippen LogP contribution in [0.5, 0.6) is 0 Å². The standard InChI is InChI=1S/C12H18N2OS/c1-8-6-10(13)4-5-11(8)12(15)14-7-9(2)16-3/h4-6,9H,7,13H2,1-3H3,(H,14,15). The van der Waals surface area contributed by atoms with Crippen LogP contribution in [0.1, 0.15) is 22.8 Å². The summed E-state index contributed by atoms with van der Waals surface area (Å²) in [5.41, 5.74) is 7.93. The number of nitrogens with one attached hydrogen (secondary N) is 1. The number of carbonyl (C=O) groups excluding carboxylic acids is 1. The zero-order valence-corrected chi connectivity index (χ0v) is 10.7. The number of amides is 1. The van der Waals surface area contributed by atoms with E-state index in [9.17, 15) is 4.79 Å². The molecule has 1 aromatic rings. The zero-order chi connectivity index (χ0) is 12.1. The van der Waals surface area contributed by atoms with E-state index < -0.39 is 0 Å². The van der Waals surface area contributed by atoms with Gasteiger partial charge in [-0.25, -0.2) is 0 Å². The summed E-state index contributed by atoms with van der Waals surface area (Å²) in [7, 11) is 0. The molecule has 0 bridgehead atoms. The van der Waals surface area contributed by atoms with Crippen LogP contribution in [-0.4, -0.2) is 24.0 Å². The van der Waals surface area contributed by atoms with Crippen molar-refractivity contribution in [2.45, 2.75) is 19.1 Å². The summed E-state index contributed by atoms with van der Waals surface area (Å²) in [5, 5.41) is 3.34. The molecule has 0 heterocycles. The SMILES string of the molecule is CSC(C)CNC(=O)c1ccc(N)cc1C. The molecule has 16 heavy (non-hydrogen) atoms.